The number of benzene rings is 3. The first kappa shape index (κ1) is 15.4. The summed E-state index contributed by atoms with van der Waals surface area (Å²) in [6, 6.07) is 26.5. The fourth-order valence-corrected chi connectivity index (χ4v) is 3.24. The van der Waals surface area contributed by atoms with Gasteiger partial charge in [0.15, 0.2) is 5.43 Å². The molecule has 2 heteroatoms. The Morgan fingerprint density at radius 3 is 2.16 bits per heavy atom. The molecule has 1 N–H and O–H groups in total. The van der Waals surface area contributed by atoms with Gasteiger partial charge in [0, 0.05) is 16.5 Å². The second kappa shape index (κ2) is 6.40. The highest BCUT2D eigenvalue weighted by Crippen LogP contribution is 2.23. The molecule has 0 amide bonds. The molecule has 1 heterocycles. The minimum Gasteiger partial charge on any atom is -0.354 e. The van der Waals surface area contributed by atoms with Crippen LogP contribution in [0.1, 0.15) is 16.7 Å². The summed E-state index contributed by atoms with van der Waals surface area (Å²) < 4.78 is 0. The molecule has 122 valence electrons. The average molecular weight is 325 g/mol. The van der Waals surface area contributed by atoms with E-state index in [1.54, 1.807) is 0 Å². The van der Waals surface area contributed by atoms with E-state index in [-0.39, 0.29) is 5.43 Å². The van der Waals surface area contributed by atoms with Crippen LogP contribution in [0.2, 0.25) is 0 Å². The van der Waals surface area contributed by atoms with Crippen molar-refractivity contribution in [3.8, 4) is 11.3 Å². The van der Waals surface area contributed by atoms with Crippen molar-refractivity contribution in [3.63, 3.8) is 0 Å². The molecule has 1 aromatic heterocycles. The molecule has 0 fully saturated rings. The maximum absolute atomic E-state index is 12.6. The zero-order valence-corrected chi connectivity index (χ0v) is 14.1. The van der Waals surface area contributed by atoms with E-state index in [0.717, 1.165) is 34.1 Å². The van der Waals surface area contributed by atoms with Gasteiger partial charge >= 0.3 is 0 Å². The molecule has 2 nitrogen and oxygen atoms in total. The molecule has 0 aliphatic heterocycles. The Morgan fingerprint density at radius 1 is 0.760 bits per heavy atom. The maximum Gasteiger partial charge on any atom is 0.192 e. The smallest absolute Gasteiger partial charge is 0.192 e. The second-order valence-corrected chi connectivity index (χ2v) is 6.36. The van der Waals surface area contributed by atoms with Crippen LogP contribution in [0.3, 0.4) is 0 Å². The largest absolute Gasteiger partial charge is 0.354 e. The lowest BCUT2D eigenvalue weighted by molar-refractivity contribution is 1.19. The summed E-state index contributed by atoms with van der Waals surface area (Å²) in [6.07, 6.45) is 0.911. The fourth-order valence-electron chi connectivity index (χ4n) is 3.24. The van der Waals surface area contributed by atoms with Gasteiger partial charge in [-0.15, -0.1) is 0 Å². The van der Waals surface area contributed by atoms with Crippen LogP contribution in [0.5, 0.6) is 0 Å². The quantitative estimate of drug-likeness (QED) is 0.559. The van der Waals surface area contributed by atoms with Crippen molar-refractivity contribution in [2.45, 2.75) is 13.3 Å². The average Bonchev–Trinajstić information content (AvgIpc) is 2.66. The Labute approximate surface area is 146 Å². The molecule has 0 atom stereocenters. The van der Waals surface area contributed by atoms with Gasteiger partial charge in [0.25, 0.3) is 0 Å². The first-order valence-corrected chi connectivity index (χ1v) is 8.47. The number of rotatable bonds is 3. The second-order valence-electron chi connectivity index (χ2n) is 6.36. The van der Waals surface area contributed by atoms with Gasteiger partial charge < -0.3 is 4.98 Å². The molecule has 0 aliphatic rings. The van der Waals surface area contributed by atoms with Gasteiger partial charge in [-0.25, -0.2) is 0 Å². The van der Waals surface area contributed by atoms with Crippen LogP contribution in [-0.2, 0) is 6.42 Å². The van der Waals surface area contributed by atoms with Crippen LogP contribution < -0.4 is 5.43 Å². The van der Waals surface area contributed by atoms with Crippen LogP contribution in [0, 0.1) is 6.92 Å². The third kappa shape index (κ3) is 2.99. The van der Waals surface area contributed by atoms with E-state index >= 15 is 0 Å². The van der Waals surface area contributed by atoms with Crippen molar-refractivity contribution in [2.75, 3.05) is 0 Å². The molecule has 0 spiro atoms. The summed E-state index contributed by atoms with van der Waals surface area (Å²) in [5.74, 6) is 0. The number of para-hydroxylation sites is 1. The van der Waals surface area contributed by atoms with E-state index in [9.17, 15) is 4.79 Å². The Bertz CT molecular complexity index is 1080. The number of H-pyrrole nitrogens is 1. The van der Waals surface area contributed by atoms with E-state index in [0.29, 0.717) is 0 Å². The van der Waals surface area contributed by atoms with Gasteiger partial charge in [0.1, 0.15) is 0 Å². The van der Waals surface area contributed by atoms with Crippen molar-refractivity contribution >= 4 is 10.9 Å². The van der Waals surface area contributed by atoms with Gasteiger partial charge in [0.2, 0.25) is 0 Å². The van der Waals surface area contributed by atoms with E-state index in [1.807, 2.05) is 37.3 Å². The summed E-state index contributed by atoms with van der Waals surface area (Å²) >= 11 is 0. The predicted molar refractivity (Wildman–Crippen MR) is 104 cm³/mol. The van der Waals surface area contributed by atoms with Gasteiger partial charge in [-0.3, -0.25) is 4.79 Å². The SMILES string of the molecule is Cc1c(-c2ccc(Cc3ccccc3)cc2)[nH]c2ccccc2c1=O. The summed E-state index contributed by atoms with van der Waals surface area (Å²) in [6.45, 7) is 1.89. The summed E-state index contributed by atoms with van der Waals surface area (Å²) in [5, 5.41) is 0.740. The lowest BCUT2D eigenvalue weighted by Gasteiger charge is -2.10. The zero-order valence-electron chi connectivity index (χ0n) is 14.1. The van der Waals surface area contributed by atoms with Gasteiger partial charge in [0.05, 0.1) is 5.69 Å². The van der Waals surface area contributed by atoms with Crippen molar-refractivity contribution in [1.29, 1.82) is 0 Å². The third-order valence-corrected chi connectivity index (χ3v) is 4.64. The van der Waals surface area contributed by atoms with Crippen molar-refractivity contribution < 1.29 is 0 Å². The molecule has 4 rings (SSSR count). The topological polar surface area (TPSA) is 32.9 Å². The van der Waals surface area contributed by atoms with Crippen LogP contribution in [0.15, 0.2) is 83.7 Å². The van der Waals surface area contributed by atoms with Crippen molar-refractivity contribution in [1.82, 2.24) is 4.98 Å². The molecule has 0 saturated heterocycles. The number of fused-ring (bicyclic) bond motifs is 1. The molecular weight excluding hydrogens is 306 g/mol. The van der Waals surface area contributed by atoms with Crippen LogP contribution in [0.4, 0.5) is 0 Å². The van der Waals surface area contributed by atoms with E-state index in [1.165, 1.54) is 11.1 Å². The van der Waals surface area contributed by atoms with Gasteiger partial charge in [-0.05, 0) is 42.2 Å². The monoisotopic (exact) mass is 325 g/mol. The zero-order chi connectivity index (χ0) is 17.2. The minimum atomic E-state index is 0.0951. The number of pyridine rings is 1. The van der Waals surface area contributed by atoms with E-state index in [4.69, 9.17) is 0 Å². The normalized spacial score (nSPS) is 10.9. The first-order chi connectivity index (χ1) is 12.2. The van der Waals surface area contributed by atoms with Crippen LogP contribution in [-0.4, -0.2) is 4.98 Å². The molecule has 25 heavy (non-hydrogen) atoms. The number of hydrogen-bond acceptors (Lipinski definition) is 1. The Hall–Kier alpha value is -3.13. The molecule has 0 radical (unpaired) electrons. The predicted octanol–water partition coefficient (Wildman–Crippen LogP) is 5.09. The highest BCUT2D eigenvalue weighted by molar-refractivity contribution is 5.83. The Morgan fingerprint density at radius 2 is 1.40 bits per heavy atom. The third-order valence-electron chi connectivity index (χ3n) is 4.64. The molecule has 0 saturated carbocycles. The van der Waals surface area contributed by atoms with E-state index in [2.05, 4.69) is 53.5 Å². The number of nitrogens with one attached hydrogen (secondary N) is 1. The van der Waals surface area contributed by atoms with Crippen LogP contribution in [0.25, 0.3) is 22.2 Å². The summed E-state index contributed by atoms with van der Waals surface area (Å²) in [7, 11) is 0. The van der Waals surface area contributed by atoms with Gasteiger partial charge in [-0.2, -0.15) is 0 Å². The molecule has 0 aliphatic carbocycles. The lowest BCUT2D eigenvalue weighted by Crippen LogP contribution is -2.09. The maximum atomic E-state index is 12.6. The molecular formula is C23H19NO. The fraction of sp³-hybridized carbons (Fsp3) is 0.0870. The molecule has 4 aromatic rings. The molecule has 0 bridgehead atoms. The summed E-state index contributed by atoms with van der Waals surface area (Å²) in [5.41, 5.74) is 6.22. The lowest BCUT2D eigenvalue weighted by atomic mass is 10.00. The standard InChI is InChI=1S/C23H19NO/c1-16-22(24-21-10-6-5-9-20(21)23(16)25)19-13-11-18(12-14-19)15-17-7-3-2-4-8-17/h2-14H,15H2,1H3,(H,24,25). The number of hydrogen-bond donors (Lipinski definition) is 1. The Balaban J connectivity index is 1.72. The van der Waals surface area contributed by atoms with Crippen molar-refractivity contribution in [3.05, 3.63) is 106 Å². The van der Waals surface area contributed by atoms with Crippen LogP contribution >= 0.6 is 0 Å². The molecule has 3 aromatic carbocycles. The Kier molecular flexibility index (Phi) is 3.95. The summed E-state index contributed by atoms with van der Waals surface area (Å²) in [4.78, 5) is 16.0. The van der Waals surface area contributed by atoms with Crippen molar-refractivity contribution in [2.24, 2.45) is 0 Å². The highest BCUT2D eigenvalue weighted by atomic mass is 16.1. The number of aromatic amines is 1. The number of aromatic nitrogens is 1. The van der Waals surface area contributed by atoms with E-state index < -0.39 is 0 Å². The highest BCUT2D eigenvalue weighted by Gasteiger charge is 2.09. The molecule has 0 unspecified atom stereocenters. The first-order valence-electron chi connectivity index (χ1n) is 8.47. The van der Waals surface area contributed by atoms with Gasteiger partial charge in [-0.1, -0.05) is 66.7 Å². The minimum absolute atomic E-state index is 0.0951.